The van der Waals surface area contributed by atoms with Crippen LogP contribution >= 0.6 is 12.4 Å². The number of hydrogen-bond donors (Lipinski definition) is 2. The van der Waals surface area contributed by atoms with Crippen molar-refractivity contribution in [3.05, 3.63) is 30.1 Å². The van der Waals surface area contributed by atoms with Crippen molar-refractivity contribution in [3.63, 3.8) is 0 Å². The number of H-pyrrole nitrogens is 1. The summed E-state index contributed by atoms with van der Waals surface area (Å²) in [4.78, 5) is 7.94. The highest BCUT2D eigenvalue weighted by molar-refractivity contribution is 5.85. The van der Waals surface area contributed by atoms with Crippen LogP contribution in [0.5, 0.6) is 0 Å². The van der Waals surface area contributed by atoms with Crippen LogP contribution in [0.4, 0.5) is 0 Å². The lowest BCUT2D eigenvalue weighted by Crippen LogP contribution is -2.13. The molecule has 1 saturated heterocycles. The molecular formula is C11H14ClN3. The Kier molecular flexibility index (Phi) is 2.93. The van der Waals surface area contributed by atoms with Crippen molar-refractivity contribution in [2.24, 2.45) is 0 Å². The van der Waals surface area contributed by atoms with E-state index in [-0.39, 0.29) is 12.4 Å². The lowest BCUT2D eigenvalue weighted by atomic mass is 10.2. The topological polar surface area (TPSA) is 40.7 Å². The third-order valence-electron chi connectivity index (χ3n) is 2.80. The van der Waals surface area contributed by atoms with Gasteiger partial charge in [0.2, 0.25) is 0 Å². The minimum absolute atomic E-state index is 0. The van der Waals surface area contributed by atoms with Crippen LogP contribution in [-0.4, -0.2) is 16.5 Å². The fourth-order valence-corrected chi connectivity index (χ4v) is 2.06. The minimum Gasteiger partial charge on any atom is -0.341 e. The molecule has 1 aliphatic rings. The number of hydrogen-bond acceptors (Lipinski definition) is 2. The van der Waals surface area contributed by atoms with Gasteiger partial charge in [-0.1, -0.05) is 12.1 Å². The molecule has 3 nitrogen and oxygen atoms in total. The van der Waals surface area contributed by atoms with Crippen molar-refractivity contribution >= 4 is 23.4 Å². The molecule has 2 heterocycles. The molecule has 0 radical (unpaired) electrons. The Morgan fingerprint density at radius 1 is 1.27 bits per heavy atom. The molecule has 3 rings (SSSR count). The van der Waals surface area contributed by atoms with Gasteiger partial charge in [0.1, 0.15) is 5.82 Å². The summed E-state index contributed by atoms with van der Waals surface area (Å²) in [5.74, 6) is 1.09. The molecule has 1 atom stereocenters. The van der Waals surface area contributed by atoms with E-state index in [9.17, 15) is 0 Å². The second-order valence-corrected chi connectivity index (χ2v) is 3.79. The normalized spacial score (nSPS) is 20.4. The largest absolute Gasteiger partial charge is 0.341 e. The summed E-state index contributed by atoms with van der Waals surface area (Å²) in [5, 5.41) is 3.44. The van der Waals surface area contributed by atoms with Gasteiger partial charge in [-0.05, 0) is 31.5 Å². The highest BCUT2D eigenvalue weighted by atomic mass is 35.5. The summed E-state index contributed by atoms with van der Waals surface area (Å²) >= 11 is 0. The Bertz CT molecular complexity index is 413. The van der Waals surface area contributed by atoms with Crippen molar-refractivity contribution in [3.8, 4) is 0 Å². The van der Waals surface area contributed by atoms with Crippen molar-refractivity contribution in [2.75, 3.05) is 6.54 Å². The molecule has 0 amide bonds. The van der Waals surface area contributed by atoms with Crippen LogP contribution in [0, 0.1) is 0 Å². The van der Waals surface area contributed by atoms with E-state index in [1.165, 1.54) is 12.8 Å². The molecule has 1 fully saturated rings. The summed E-state index contributed by atoms with van der Waals surface area (Å²) < 4.78 is 0. The van der Waals surface area contributed by atoms with Crippen LogP contribution in [-0.2, 0) is 0 Å². The molecule has 0 bridgehead atoms. The molecule has 0 spiro atoms. The first kappa shape index (κ1) is 10.5. The number of para-hydroxylation sites is 2. The lowest BCUT2D eigenvalue weighted by molar-refractivity contribution is 0.614. The average Bonchev–Trinajstić information content (AvgIpc) is 2.86. The predicted molar refractivity (Wildman–Crippen MR) is 63.3 cm³/mol. The van der Waals surface area contributed by atoms with Crippen LogP contribution in [0.3, 0.4) is 0 Å². The standard InChI is InChI=1S/C11H13N3.ClH/c1-2-5-9-8(4-1)13-11(14-9)10-6-3-7-12-10;/h1-2,4-5,10,12H,3,6-7H2,(H,13,14);1H/t10-;/m0./s1. The van der Waals surface area contributed by atoms with Crippen LogP contribution < -0.4 is 5.32 Å². The van der Waals surface area contributed by atoms with E-state index in [0.717, 1.165) is 23.4 Å². The van der Waals surface area contributed by atoms with Crippen molar-refractivity contribution in [1.29, 1.82) is 0 Å². The van der Waals surface area contributed by atoms with Gasteiger partial charge in [0.05, 0.1) is 17.1 Å². The number of nitrogens with one attached hydrogen (secondary N) is 2. The molecule has 1 aliphatic heterocycles. The van der Waals surface area contributed by atoms with E-state index < -0.39 is 0 Å². The van der Waals surface area contributed by atoms with E-state index in [2.05, 4.69) is 21.4 Å². The summed E-state index contributed by atoms with van der Waals surface area (Å²) in [7, 11) is 0. The number of benzene rings is 1. The zero-order chi connectivity index (χ0) is 9.38. The third-order valence-corrected chi connectivity index (χ3v) is 2.80. The van der Waals surface area contributed by atoms with Gasteiger partial charge in [-0.2, -0.15) is 0 Å². The molecule has 2 N–H and O–H groups in total. The zero-order valence-corrected chi connectivity index (χ0v) is 9.18. The number of aromatic nitrogens is 2. The van der Waals surface area contributed by atoms with Gasteiger partial charge in [0.25, 0.3) is 0 Å². The monoisotopic (exact) mass is 223 g/mol. The quantitative estimate of drug-likeness (QED) is 0.780. The third kappa shape index (κ3) is 1.85. The molecule has 1 aromatic heterocycles. The van der Waals surface area contributed by atoms with E-state index in [1.54, 1.807) is 0 Å². The summed E-state index contributed by atoms with van der Waals surface area (Å²) in [6, 6.07) is 8.61. The average molecular weight is 224 g/mol. The SMILES string of the molecule is Cl.c1ccc2[nH]c([C@@H]3CCCN3)nc2c1. The van der Waals surface area contributed by atoms with Gasteiger partial charge in [-0.25, -0.2) is 4.98 Å². The second kappa shape index (κ2) is 4.21. The first-order chi connectivity index (χ1) is 6.93. The molecule has 80 valence electrons. The number of aromatic amines is 1. The molecule has 0 saturated carbocycles. The Morgan fingerprint density at radius 2 is 2.13 bits per heavy atom. The second-order valence-electron chi connectivity index (χ2n) is 3.79. The van der Waals surface area contributed by atoms with E-state index >= 15 is 0 Å². The van der Waals surface area contributed by atoms with Gasteiger partial charge in [0.15, 0.2) is 0 Å². The van der Waals surface area contributed by atoms with E-state index in [4.69, 9.17) is 0 Å². The van der Waals surface area contributed by atoms with Gasteiger partial charge in [-0.15, -0.1) is 12.4 Å². The van der Waals surface area contributed by atoms with Gasteiger partial charge >= 0.3 is 0 Å². The molecule has 4 heteroatoms. The lowest BCUT2D eigenvalue weighted by Gasteiger charge is -2.04. The fourth-order valence-electron chi connectivity index (χ4n) is 2.06. The van der Waals surface area contributed by atoms with Crippen molar-refractivity contribution < 1.29 is 0 Å². The molecular weight excluding hydrogens is 210 g/mol. The van der Waals surface area contributed by atoms with Crippen molar-refractivity contribution in [1.82, 2.24) is 15.3 Å². The summed E-state index contributed by atoms with van der Waals surface area (Å²) in [5.41, 5.74) is 2.20. The number of fused-ring (bicyclic) bond motifs is 1. The summed E-state index contributed by atoms with van der Waals surface area (Å²) in [6.07, 6.45) is 2.45. The number of rotatable bonds is 1. The molecule has 15 heavy (non-hydrogen) atoms. The number of nitrogens with zero attached hydrogens (tertiary/aromatic N) is 1. The van der Waals surface area contributed by atoms with Gasteiger partial charge in [0, 0.05) is 0 Å². The van der Waals surface area contributed by atoms with E-state index in [1.807, 2.05) is 18.2 Å². The molecule has 1 aromatic carbocycles. The Morgan fingerprint density at radius 3 is 2.87 bits per heavy atom. The number of halogens is 1. The van der Waals surface area contributed by atoms with Gasteiger partial charge in [-0.3, -0.25) is 0 Å². The van der Waals surface area contributed by atoms with Crippen molar-refractivity contribution in [2.45, 2.75) is 18.9 Å². The number of imidazole rings is 1. The zero-order valence-electron chi connectivity index (χ0n) is 8.36. The molecule has 0 aliphatic carbocycles. The summed E-state index contributed by atoms with van der Waals surface area (Å²) in [6.45, 7) is 1.11. The first-order valence-corrected chi connectivity index (χ1v) is 5.11. The maximum atomic E-state index is 4.58. The maximum absolute atomic E-state index is 4.58. The first-order valence-electron chi connectivity index (χ1n) is 5.11. The molecule has 2 aromatic rings. The Hall–Kier alpha value is -1.06. The highest BCUT2D eigenvalue weighted by Crippen LogP contribution is 2.22. The molecule has 0 unspecified atom stereocenters. The smallest absolute Gasteiger partial charge is 0.124 e. The Balaban J connectivity index is 0.000000853. The van der Waals surface area contributed by atoms with E-state index in [0.29, 0.717) is 6.04 Å². The minimum atomic E-state index is 0. The Labute approximate surface area is 94.7 Å². The fraction of sp³-hybridized carbons (Fsp3) is 0.364. The van der Waals surface area contributed by atoms with Crippen LogP contribution in [0.25, 0.3) is 11.0 Å². The van der Waals surface area contributed by atoms with Crippen LogP contribution in [0.2, 0.25) is 0 Å². The van der Waals surface area contributed by atoms with Crippen LogP contribution in [0.15, 0.2) is 24.3 Å². The van der Waals surface area contributed by atoms with Crippen LogP contribution in [0.1, 0.15) is 24.7 Å². The highest BCUT2D eigenvalue weighted by Gasteiger charge is 2.18. The van der Waals surface area contributed by atoms with Gasteiger partial charge < -0.3 is 10.3 Å². The predicted octanol–water partition coefficient (Wildman–Crippen LogP) is 2.41. The maximum Gasteiger partial charge on any atom is 0.124 e.